The van der Waals surface area contributed by atoms with Gasteiger partial charge in [0.15, 0.2) is 4.87 Å². The van der Waals surface area contributed by atoms with Crippen molar-refractivity contribution in [1.29, 1.82) is 0 Å². The van der Waals surface area contributed by atoms with Gasteiger partial charge in [0.05, 0.1) is 21.9 Å². The molecule has 15 nitrogen and oxygen atoms in total. The molecule has 0 radical (unpaired) electrons. The summed E-state index contributed by atoms with van der Waals surface area (Å²) in [5, 5.41) is 2.12. The molecule has 5 N–H and O–H groups in total. The van der Waals surface area contributed by atoms with Gasteiger partial charge >= 0.3 is 59.1 Å². The Morgan fingerprint density at radius 1 is 0.825 bits per heavy atom. The summed E-state index contributed by atoms with van der Waals surface area (Å²) in [6, 6.07) is 8.29. The van der Waals surface area contributed by atoms with Gasteiger partial charge in [0.25, 0.3) is 46.0 Å². The van der Waals surface area contributed by atoms with Crippen LogP contribution in [0.1, 0.15) is 16.2 Å². The minimum Gasteiger partial charge on any atom is -1.00 e. The zero-order chi connectivity index (χ0) is 28.9. The quantitative estimate of drug-likeness (QED) is 0.107. The first-order chi connectivity index (χ1) is 17.2. The van der Waals surface area contributed by atoms with Gasteiger partial charge in [-0.05, 0) is 25.1 Å². The van der Waals surface area contributed by atoms with Gasteiger partial charge in [0, 0.05) is 17.5 Å². The van der Waals surface area contributed by atoms with Gasteiger partial charge in [0.2, 0.25) is 0 Å². The Kier molecular flexibility index (Phi) is 11.8. The van der Waals surface area contributed by atoms with Crippen molar-refractivity contribution >= 4 is 40.5 Å². The molecule has 3 rings (SSSR count). The van der Waals surface area contributed by atoms with Crippen molar-refractivity contribution < 1.29 is 114 Å². The van der Waals surface area contributed by atoms with E-state index < -0.39 is 89.7 Å². The summed E-state index contributed by atoms with van der Waals surface area (Å²) in [6.45, 7) is 0.804. The van der Waals surface area contributed by atoms with E-state index in [1.807, 2.05) is 0 Å². The summed E-state index contributed by atoms with van der Waals surface area (Å²) in [5.41, 5.74) is -2.81. The number of hydrogen-bond donors (Lipinski definition) is 5. The summed E-state index contributed by atoms with van der Waals surface area (Å²) in [4.78, 5) is 9.10. The van der Waals surface area contributed by atoms with E-state index in [0.29, 0.717) is 4.68 Å². The molecule has 0 fully saturated rings. The van der Waals surface area contributed by atoms with Crippen LogP contribution in [0, 0.1) is 0 Å². The van der Waals surface area contributed by atoms with Crippen LogP contribution >= 0.6 is 0 Å². The Hall–Kier alpha value is -0.910. The van der Waals surface area contributed by atoms with Crippen LogP contribution in [-0.4, -0.2) is 67.4 Å². The maximum atomic E-state index is 13.2. The van der Waals surface area contributed by atoms with Crippen molar-refractivity contribution in [2.75, 3.05) is 5.75 Å². The molecule has 0 saturated carbocycles. The minimum absolute atomic E-state index is 0. The molecule has 1 unspecified atom stereocenters. The zero-order valence-corrected chi connectivity index (χ0v) is 28.3. The molecule has 0 spiro atoms. The molecule has 0 aliphatic heterocycles. The number of aromatic nitrogens is 2. The Morgan fingerprint density at radius 2 is 1.35 bits per heavy atom. The summed E-state index contributed by atoms with van der Waals surface area (Å²) in [5.74, 6) is -1.21. The van der Waals surface area contributed by atoms with Crippen molar-refractivity contribution in [1.82, 2.24) is 9.78 Å². The molecule has 0 amide bonds. The van der Waals surface area contributed by atoms with Crippen LogP contribution in [-0.2, 0) is 45.3 Å². The molecule has 3 aromatic rings. The first kappa shape index (κ1) is 37.1. The Morgan fingerprint density at radius 3 is 1.80 bits per heavy atom. The number of benzene rings is 2. The first-order valence-electron chi connectivity index (χ1n) is 10.1. The third-order valence-electron chi connectivity index (χ3n) is 5.61. The van der Waals surface area contributed by atoms with Crippen LogP contribution < -0.4 is 64.7 Å². The van der Waals surface area contributed by atoms with Crippen molar-refractivity contribution in [3.63, 3.8) is 0 Å². The second-order valence-electron chi connectivity index (χ2n) is 8.16. The number of nitrogens with one attached hydrogen (secondary N) is 1. The van der Waals surface area contributed by atoms with E-state index in [2.05, 4.69) is 5.10 Å². The van der Waals surface area contributed by atoms with Crippen molar-refractivity contribution in [2.45, 2.75) is 28.0 Å². The van der Waals surface area contributed by atoms with Crippen molar-refractivity contribution in [2.24, 2.45) is 0 Å². The maximum Gasteiger partial charge on any atom is 1.00 e. The van der Waals surface area contributed by atoms with Crippen molar-refractivity contribution in [3.05, 3.63) is 58.9 Å². The number of nitrogens with zero attached hydrogens (tertiary/aromatic N) is 1. The van der Waals surface area contributed by atoms with E-state index in [9.17, 15) is 56.7 Å². The SMILES string of the molecule is CC(CCS(=O)(=O)O)(n1[nH]c(=O)c(-c2ccccc2S(=O)(=O)O)c1-c1ccc(S(=O)(=O)O)cc1)S(=O)(=O)O.[H-].[H-].[Na+].[Na+]. The molecule has 212 valence electrons. The minimum atomic E-state index is -5.31. The fourth-order valence-corrected chi connectivity index (χ4v) is 6.36. The van der Waals surface area contributed by atoms with Gasteiger partial charge in [-0.25, -0.2) is 0 Å². The van der Waals surface area contributed by atoms with E-state index in [-0.39, 0.29) is 67.5 Å². The second kappa shape index (κ2) is 12.8. The van der Waals surface area contributed by atoms with Crippen LogP contribution in [0.15, 0.2) is 63.1 Å². The van der Waals surface area contributed by atoms with Gasteiger partial charge in [-0.1, -0.05) is 30.3 Å². The monoisotopic (exact) mass is 660 g/mol. The molecule has 0 bridgehead atoms. The third kappa shape index (κ3) is 7.92. The number of H-pyrrole nitrogens is 1. The Balaban J connectivity index is 0. The molecule has 0 aliphatic rings. The Bertz CT molecular complexity index is 1910. The number of aromatic amines is 1. The van der Waals surface area contributed by atoms with Crippen molar-refractivity contribution in [3.8, 4) is 22.4 Å². The van der Waals surface area contributed by atoms with Gasteiger partial charge in [-0.3, -0.25) is 32.8 Å². The molecule has 1 aromatic heterocycles. The number of hydrogen-bond acceptors (Lipinski definition) is 9. The molecule has 1 heterocycles. The maximum absolute atomic E-state index is 13.2. The topological polar surface area (TPSA) is 255 Å². The van der Waals surface area contributed by atoms with Crippen LogP contribution in [0.4, 0.5) is 0 Å². The molecule has 40 heavy (non-hydrogen) atoms. The van der Waals surface area contributed by atoms with Gasteiger partial charge in [0.1, 0.15) is 4.90 Å². The molecular formula is C19H22N2Na2O13S4. The van der Waals surface area contributed by atoms with E-state index in [4.69, 9.17) is 0 Å². The standard InChI is InChI=1S/C19H20N2O13S4.2Na.2H/c1-19(38(32,33)34,10-11-35(23,24)25)21-17(12-6-8-13(9-7-12)36(26,27)28)16(18(22)20-21)14-4-2-3-5-15(14)37(29,30)31;;;;/h2-9H,10-11H2,1H3,(H,20,22)(H,23,24,25)(H,26,27,28)(H,29,30,31)(H,32,33,34);;;;/q;2*+1;2*-1. The summed E-state index contributed by atoms with van der Waals surface area (Å²) >= 11 is 0. The summed E-state index contributed by atoms with van der Waals surface area (Å²) in [6.07, 6.45) is -1.02. The van der Waals surface area contributed by atoms with Gasteiger partial charge in [-0.15, -0.1) is 0 Å². The Labute approximate surface area is 276 Å². The first-order valence-corrected chi connectivity index (χ1v) is 16.0. The van der Waals surface area contributed by atoms with E-state index in [1.54, 1.807) is 0 Å². The molecule has 1 atom stereocenters. The van der Waals surface area contributed by atoms with E-state index in [1.165, 1.54) is 12.1 Å². The zero-order valence-electron chi connectivity index (χ0n) is 23.1. The van der Waals surface area contributed by atoms with E-state index in [0.717, 1.165) is 43.3 Å². The average molecular weight is 661 g/mol. The second-order valence-corrected chi connectivity index (χ2v) is 14.4. The molecule has 21 heteroatoms. The van der Waals surface area contributed by atoms with Crippen LogP contribution in [0.25, 0.3) is 22.4 Å². The molecule has 2 aromatic carbocycles. The fourth-order valence-electron chi connectivity index (χ4n) is 3.67. The van der Waals surface area contributed by atoms with E-state index >= 15 is 0 Å². The third-order valence-corrected chi connectivity index (χ3v) is 9.61. The fraction of sp³-hybridized carbons (Fsp3) is 0.211. The largest absolute Gasteiger partial charge is 1.00 e. The number of rotatable bonds is 9. The van der Waals surface area contributed by atoms with Crippen LogP contribution in [0.2, 0.25) is 0 Å². The van der Waals surface area contributed by atoms with Gasteiger partial charge in [-0.2, -0.15) is 33.7 Å². The normalized spacial score (nSPS) is 14.0. The van der Waals surface area contributed by atoms with Crippen LogP contribution in [0.3, 0.4) is 0 Å². The predicted octanol–water partition coefficient (Wildman–Crippen LogP) is -4.92. The molecule has 0 saturated heterocycles. The average Bonchev–Trinajstić information content (AvgIpc) is 3.12. The predicted molar refractivity (Wildman–Crippen MR) is 134 cm³/mol. The smallest absolute Gasteiger partial charge is 1.00 e. The summed E-state index contributed by atoms with van der Waals surface area (Å²) < 4.78 is 134. The van der Waals surface area contributed by atoms with Gasteiger partial charge < -0.3 is 2.85 Å². The molecular weight excluding hydrogens is 638 g/mol. The molecule has 0 aliphatic carbocycles. The van der Waals surface area contributed by atoms with Crippen LogP contribution in [0.5, 0.6) is 0 Å². The summed E-state index contributed by atoms with van der Waals surface area (Å²) in [7, 11) is -19.8.